The van der Waals surface area contributed by atoms with Crippen molar-refractivity contribution < 1.29 is 4.92 Å². The first kappa shape index (κ1) is 10.2. The molecule has 0 radical (unpaired) electrons. The molecule has 0 aliphatic rings. The highest BCUT2D eigenvalue weighted by atomic mass is 16.6. The molecular formula is C11H9N3O2. The Labute approximate surface area is 91.9 Å². The summed E-state index contributed by atoms with van der Waals surface area (Å²) in [6, 6.07) is 6.78. The van der Waals surface area contributed by atoms with E-state index in [1.165, 1.54) is 12.3 Å². The molecule has 0 unspecified atom stereocenters. The van der Waals surface area contributed by atoms with Crippen molar-refractivity contribution in [3.05, 3.63) is 52.5 Å². The molecule has 0 N–H and O–H groups in total. The van der Waals surface area contributed by atoms with Gasteiger partial charge < -0.3 is 0 Å². The predicted molar refractivity (Wildman–Crippen MR) is 58.9 cm³/mol. The van der Waals surface area contributed by atoms with E-state index in [0.29, 0.717) is 5.69 Å². The molecule has 16 heavy (non-hydrogen) atoms. The largest absolute Gasteiger partial charge is 0.287 e. The number of hydrogen-bond acceptors (Lipinski definition) is 4. The van der Waals surface area contributed by atoms with E-state index in [1.54, 1.807) is 12.3 Å². The number of nitro groups is 1. The van der Waals surface area contributed by atoms with E-state index in [9.17, 15) is 10.1 Å². The molecule has 5 nitrogen and oxygen atoms in total. The maximum Gasteiger partial charge on any atom is 0.287 e. The average Bonchev–Trinajstić information content (AvgIpc) is 2.29. The maximum absolute atomic E-state index is 10.5. The normalized spacial score (nSPS) is 10.1. The predicted octanol–water partition coefficient (Wildman–Crippen LogP) is 2.36. The second kappa shape index (κ2) is 4.06. The Hall–Kier alpha value is -2.30. The Morgan fingerprint density at radius 1 is 1.25 bits per heavy atom. The quantitative estimate of drug-likeness (QED) is 0.569. The van der Waals surface area contributed by atoms with Crippen LogP contribution in [-0.2, 0) is 0 Å². The Morgan fingerprint density at radius 3 is 2.62 bits per heavy atom. The topological polar surface area (TPSA) is 68.9 Å². The highest BCUT2D eigenvalue weighted by molar-refractivity contribution is 5.59. The lowest BCUT2D eigenvalue weighted by atomic mass is 10.1. The van der Waals surface area contributed by atoms with Crippen LogP contribution in [-0.4, -0.2) is 14.9 Å². The standard InChI is InChI=1S/C11H9N3O2/c1-8-6-9(4-5-12-8)11-3-2-10(7-13-11)14(15)16/h2-7H,1H3. The highest BCUT2D eigenvalue weighted by Crippen LogP contribution is 2.19. The summed E-state index contributed by atoms with van der Waals surface area (Å²) in [5.74, 6) is 0. The molecule has 0 aromatic carbocycles. The van der Waals surface area contributed by atoms with E-state index in [1.807, 2.05) is 19.1 Å². The lowest BCUT2D eigenvalue weighted by Crippen LogP contribution is -1.90. The molecule has 0 spiro atoms. The molecule has 5 heteroatoms. The van der Waals surface area contributed by atoms with E-state index >= 15 is 0 Å². The Balaban J connectivity index is 2.38. The van der Waals surface area contributed by atoms with Gasteiger partial charge in [-0.1, -0.05) is 0 Å². The second-order valence-electron chi connectivity index (χ2n) is 3.34. The third-order valence-corrected chi connectivity index (χ3v) is 2.15. The third kappa shape index (κ3) is 2.03. The smallest absolute Gasteiger partial charge is 0.262 e. The lowest BCUT2D eigenvalue weighted by molar-refractivity contribution is -0.385. The van der Waals surface area contributed by atoms with Crippen molar-refractivity contribution in [2.45, 2.75) is 6.92 Å². The van der Waals surface area contributed by atoms with Crippen LogP contribution in [0.1, 0.15) is 5.69 Å². The molecule has 0 saturated carbocycles. The van der Waals surface area contributed by atoms with Crippen LogP contribution in [0.3, 0.4) is 0 Å². The van der Waals surface area contributed by atoms with Gasteiger partial charge in [-0.2, -0.15) is 0 Å². The van der Waals surface area contributed by atoms with Gasteiger partial charge in [0.25, 0.3) is 5.69 Å². The van der Waals surface area contributed by atoms with E-state index in [4.69, 9.17) is 0 Å². The van der Waals surface area contributed by atoms with E-state index in [0.717, 1.165) is 11.3 Å². The molecule has 2 rings (SSSR count). The minimum atomic E-state index is -0.464. The molecule has 2 aromatic heterocycles. The zero-order valence-electron chi connectivity index (χ0n) is 8.62. The van der Waals surface area contributed by atoms with Crippen molar-refractivity contribution in [3.63, 3.8) is 0 Å². The van der Waals surface area contributed by atoms with Gasteiger partial charge in [0, 0.05) is 23.5 Å². The van der Waals surface area contributed by atoms with Crippen LogP contribution in [0.15, 0.2) is 36.7 Å². The summed E-state index contributed by atoms with van der Waals surface area (Å²) in [7, 11) is 0. The Kier molecular flexibility index (Phi) is 2.59. The number of nitrogens with zero attached hydrogens (tertiary/aromatic N) is 3. The fraction of sp³-hybridized carbons (Fsp3) is 0.0909. The van der Waals surface area contributed by atoms with Gasteiger partial charge in [-0.05, 0) is 25.1 Å². The average molecular weight is 215 g/mol. The van der Waals surface area contributed by atoms with Gasteiger partial charge >= 0.3 is 0 Å². The number of hydrogen-bond donors (Lipinski definition) is 0. The summed E-state index contributed by atoms with van der Waals surface area (Å²) in [6.45, 7) is 1.88. The van der Waals surface area contributed by atoms with Crippen LogP contribution < -0.4 is 0 Å². The molecule has 0 fully saturated rings. The molecule has 80 valence electrons. The zero-order valence-corrected chi connectivity index (χ0v) is 8.62. The molecule has 0 aliphatic carbocycles. The van der Waals surface area contributed by atoms with Gasteiger partial charge in [-0.3, -0.25) is 15.1 Å². The number of pyridine rings is 2. The van der Waals surface area contributed by atoms with Crippen molar-refractivity contribution in [1.82, 2.24) is 9.97 Å². The summed E-state index contributed by atoms with van der Waals surface area (Å²) in [4.78, 5) is 18.1. The molecule has 0 aliphatic heterocycles. The van der Waals surface area contributed by atoms with E-state index < -0.39 is 4.92 Å². The van der Waals surface area contributed by atoms with Crippen LogP contribution in [0.25, 0.3) is 11.3 Å². The van der Waals surface area contributed by atoms with Gasteiger partial charge in [0.1, 0.15) is 6.20 Å². The first-order valence-electron chi connectivity index (χ1n) is 4.70. The summed E-state index contributed by atoms with van der Waals surface area (Å²) < 4.78 is 0. The monoisotopic (exact) mass is 215 g/mol. The maximum atomic E-state index is 10.5. The van der Waals surface area contributed by atoms with Gasteiger partial charge in [0.15, 0.2) is 0 Å². The molecule has 0 saturated heterocycles. The number of aryl methyl sites for hydroxylation is 1. The van der Waals surface area contributed by atoms with Crippen molar-refractivity contribution in [2.24, 2.45) is 0 Å². The van der Waals surface area contributed by atoms with Crippen molar-refractivity contribution in [3.8, 4) is 11.3 Å². The van der Waals surface area contributed by atoms with E-state index in [2.05, 4.69) is 9.97 Å². The fourth-order valence-corrected chi connectivity index (χ4v) is 1.37. The van der Waals surface area contributed by atoms with Crippen LogP contribution in [0.4, 0.5) is 5.69 Å². The third-order valence-electron chi connectivity index (χ3n) is 2.15. The molecule has 2 heterocycles. The molecule has 0 amide bonds. The highest BCUT2D eigenvalue weighted by Gasteiger charge is 2.06. The molecule has 0 atom stereocenters. The van der Waals surface area contributed by atoms with Gasteiger partial charge in [-0.25, -0.2) is 4.98 Å². The van der Waals surface area contributed by atoms with Gasteiger partial charge in [0.05, 0.1) is 10.6 Å². The first-order valence-corrected chi connectivity index (χ1v) is 4.70. The molecular weight excluding hydrogens is 206 g/mol. The van der Waals surface area contributed by atoms with Gasteiger partial charge in [-0.15, -0.1) is 0 Å². The van der Waals surface area contributed by atoms with Crippen LogP contribution in [0, 0.1) is 17.0 Å². The molecule has 2 aromatic rings. The summed E-state index contributed by atoms with van der Waals surface area (Å²) in [5, 5.41) is 10.5. The van der Waals surface area contributed by atoms with E-state index in [-0.39, 0.29) is 5.69 Å². The first-order chi connectivity index (χ1) is 7.66. The summed E-state index contributed by atoms with van der Waals surface area (Å²) in [5.41, 5.74) is 2.49. The van der Waals surface area contributed by atoms with Crippen LogP contribution in [0.5, 0.6) is 0 Å². The van der Waals surface area contributed by atoms with Crippen molar-refractivity contribution >= 4 is 5.69 Å². The van der Waals surface area contributed by atoms with Crippen molar-refractivity contribution in [2.75, 3.05) is 0 Å². The van der Waals surface area contributed by atoms with Crippen molar-refractivity contribution in [1.29, 1.82) is 0 Å². The SMILES string of the molecule is Cc1cc(-c2ccc([N+](=O)[O-])cn2)ccn1. The Morgan fingerprint density at radius 2 is 2.06 bits per heavy atom. The minimum absolute atomic E-state index is 0.00507. The Bertz CT molecular complexity index is 523. The lowest BCUT2D eigenvalue weighted by Gasteiger charge is -2.00. The summed E-state index contributed by atoms with van der Waals surface area (Å²) in [6.07, 6.45) is 2.94. The fourth-order valence-electron chi connectivity index (χ4n) is 1.37. The second-order valence-corrected chi connectivity index (χ2v) is 3.34. The number of rotatable bonds is 2. The van der Waals surface area contributed by atoms with Gasteiger partial charge in [0.2, 0.25) is 0 Å². The minimum Gasteiger partial charge on any atom is -0.262 e. The zero-order chi connectivity index (χ0) is 11.5. The van der Waals surface area contributed by atoms with Crippen LogP contribution in [0.2, 0.25) is 0 Å². The van der Waals surface area contributed by atoms with Crippen LogP contribution >= 0.6 is 0 Å². The molecule has 0 bridgehead atoms. The number of aromatic nitrogens is 2. The summed E-state index contributed by atoms with van der Waals surface area (Å²) >= 11 is 0.